The van der Waals surface area contributed by atoms with E-state index in [0.29, 0.717) is 0 Å². The van der Waals surface area contributed by atoms with E-state index in [-0.39, 0.29) is 6.85 Å². The van der Waals surface area contributed by atoms with Crippen LogP contribution in [0.5, 0.6) is 0 Å². The van der Waals surface area contributed by atoms with Crippen LogP contribution >= 0.6 is 0 Å². The molecule has 0 N–H and O–H groups in total. The van der Waals surface area contributed by atoms with Gasteiger partial charge in [0.2, 0.25) is 0 Å². The largest absolute Gasteiger partial charge is 0.376 e. The summed E-state index contributed by atoms with van der Waals surface area (Å²) in [5, 5.41) is 2.45. The molecule has 4 heteroatoms. The van der Waals surface area contributed by atoms with Crippen molar-refractivity contribution in [2.45, 2.75) is 0 Å². The van der Waals surface area contributed by atoms with E-state index in [1.54, 1.807) is 0 Å². The molecule has 6 aromatic carbocycles. The lowest BCUT2D eigenvalue weighted by Gasteiger charge is -2.39. The zero-order valence-electron chi connectivity index (χ0n) is 24.6. The molecule has 0 saturated carbocycles. The number of rotatable bonds is 4. The van der Waals surface area contributed by atoms with Gasteiger partial charge in [0.15, 0.2) is 0 Å². The summed E-state index contributed by atoms with van der Waals surface area (Å²) in [6.45, 7) is -0.0191. The van der Waals surface area contributed by atoms with E-state index in [0.717, 1.165) is 33.8 Å². The van der Waals surface area contributed by atoms with Gasteiger partial charge in [0.1, 0.15) is 5.82 Å². The highest BCUT2D eigenvalue weighted by molar-refractivity contribution is 6.90. The predicted octanol–water partition coefficient (Wildman–Crippen LogP) is 8.77. The molecule has 0 atom stereocenters. The Bertz CT molecular complexity index is 2290. The Labute approximate surface area is 262 Å². The summed E-state index contributed by atoms with van der Waals surface area (Å²) in [6.07, 6.45) is 0. The molecule has 8 aromatic rings. The summed E-state index contributed by atoms with van der Waals surface area (Å²) in [5.41, 5.74) is 11.6. The Morgan fingerprint density at radius 1 is 0.489 bits per heavy atom. The Morgan fingerprint density at radius 2 is 1.07 bits per heavy atom. The van der Waals surface area contributed by atoms with E-state index in [4.69, 9.17) is 4.98 Å². The molecule has 0 bridgehead atoms. The van der Waals surface area contributed by atoms with Crippen molar-refractivity contribution in [2.75, 3.05) is 4.81 Å². The number of hydrogen-bond acceptors (Lipinski definition) is 2. The van der Waals surface area contributed by atoms with Crippen LogP contribution in [-0.2, 0) is 0 Å². The highest BCUT2D eigenvalue weighted by Crippen LogP contribution is 2.41. The quantitative estimate of drug-likeness (QED) is 0.196. The average Bonchev–Trinajstić information content (AvgIpc) is 3.46. The summed E-state index contributed by atoms with van der Waals surface area (Å²) in [7, 11) is 0. The molecule has 0 aliphatic carbocycles. The molecule has 0 radical (unpaired) electrons. The van der Waals surface area contributed by atoms with Crippen LogP contribution < -0.4 is 15.7 Å². The van der Waals surface area contributed by atoms with Crippen LogP contribution in [-0.4, -0.2) is 16.4 Å². The molecular formula is C41H28BN3. The minimum Gasteiger partial charge on any atom is -0.376 e. The fraction of sp³-hybridized carbons (Fsp3) is 0. The molecule has 9 rings (SSSR count). The number of fused-ring (bicyclic) bond motifs is 6. The molecule has 45 heavy (non-hydrogen) atoms. The maximum absolute atomic E-state index is 5.38. The lowest BCUT2D eigenvalue weighted by atomic mass is 9.46. The van der Waals surface area contributed by atoms with Gasteiger partial charge in [0.25, 0.3) is 0 Å². The molecule has 210 valence electrons. The van der Waals surface area contributed by atoms with Crippen molar-refractivity contribution in [1.82, 2.24) is 9.55 Å². The summed E-state index contributed by atoms with van der Waals surface area (Å²) in [5.74, 6) is 0.895. The van der Waals surface area contributed by atoms with Crippen LogP contribution in [0.3, 0.4) is 0 Å². The minimum atomic E-state index is -0.0191. The number of benzene rings is 6. The summed E-state index contributed by atoms with van der Waals surface area (Å²) >= 11 is 0. The second kappa shape index (κ2) is 10.4. The normalized spacial score (nSPS) is 12.4. The SMILES string of the molecule is c1ccc(B2c3ccccc3-c3ccccc3N2c2cc(-c3ccccc3)nc(-n3c4ccccc4c4ccccc43)c2)cc1. The van der Waals surface area contributed by atoms with Crippen LogP contribution in [0.15, 0.2) is 170 Å². The van der Waals surface area contributed by atoms with E-state index in [2.05, 4.69) is 179 Å². The molecule has 0 saturated heterocycles. The Balaban J connectivity index is 1.37. The molecule has 0 spiro atoms. The van der Waals surface area contributed by atoms with Gasteiger partial charge in [0, 0.05) is 39.3 Å². The molecule has 1 aliphatic heterocycles. The maximum atomic E-state index is 5.38. The number of anilines is 2. The molecular weight excluding hydrogens is 545 g/mol. The number of nitrogens with zero attached hydrogens (tertiary/aromatic N) is 3. The Morgan fingerprint density at radius 3 is 1.80 bits per heavy atom. The fourth-order valence-corrected chi connectivity index (χ4v) is 7.10. The lowest BCUT2D eigenvalue weighted by molar-refractivity contribution is 1.08. The molecule has 0 unspecified atom stereocenters. The van der Waals surface area contributed by atoms with Crippen LogP contribution in [0, 0.1) is 0 Å². The predicted molar refractivity (Wildman–Crippen MR) is 189 cm³/mol. The Hall–Kier alpha value is -5.87. The van der Waals surface area contributed by atoms with Crippen LogP contribution in [0.25, 0.3) is 50.0 Å². The van der Waals surface area contributed by atoms with Gasteiger partial charge in [-0.05, 0) is 35.3 Å². The van der Waals surface area contributed by atoms with Crippen molar-refractivity contribution in [2.24, 2.45) is 0 Å². The second-order valence-electron chi connectivity index (χ2n) is 11.6. The fourth-order valence-electron chi connectivity index (χ4n) is 7.10. The van der Waals surface area contributed by atoms with E-state index in [9.17, 15) is 0 Å². The molecule has 2 aromatic heterocycles. The van der Waals surface area contributed by atoms with Gasteiger partial charge in [0.05, 0.1) is 16.7 Å². The molecule has 3 nitrogen and oxygen atoms in total. The van der Waals surface area contributed by atoms with Crippen molar-refractivity contribution in [3.8, 4) is 28.2 Å². The van der Waals surface area contributed by atoms with E-state index in [1.807, 2.05) is 0 Å². The monoisotopic (exact) mass is 573 g/mol. The zero-order valence-corrected chi connectivity index (χ0v) is 24.6. The van der Waals surface area contributed by atoms with E-state index < -0.39 is 0 Å². The summed E-state index contributed by atoms with van der Waals surface area (Å²) in [4.78, 5) is 7.89. The lowest BCUT2D eigenvalue weighted by Crippen LogP contribution is -2.57. The van der Waals surface area contributed by atoms with Gasteiger partial charge in [-0.15, -0.1) is 0 Å². The zero-order chi connectivity index (χ0) is 29.7. The third-order valence-corrected chi connectivity index (χ3v) is 9.04. The molecule has 0 fully saturated rings. The highest BCUT2D eigenvalue weighted by Gasteiger charge is 2.37. The van der Waals surface area contributed by atoms with Crippen molar-refractivity contribution in [3.63, 3.8) is 0 Å². The first-order valence-corrected chi connectivity index (χ1v) is 15.4. The molecule has 3 heterocycles. The van der Waals surface area contributed by atoms with Gasteiger partial charge in [-0.1, -0.05) is 145 Å². The number of pyridine rings is 1. The van der Waals surface area contributed by atoms with Crippen molar-refractivity contribution in [1.29, 1.82) is 0 Å². The van der Waals surface area contributed by atoms with Crippen molar-refractivity contribution < 1.29 is 0 Å². The van der Waals surface area contributed by atoms with Gasteiger partial charge in [-0.2, -0.15) is 0 Å². The van der Waals surface area contributed by atoms with Crippen molar-refractivity contribution >= 4 is 51.0 Å². The number of hydrogen-bond donors (Lipinski definition) is 0. The minimum absolute atomic E-state index is 0.0191. The van der Waals surface area contributed by atoms with E-state index >= 15 is 0 Å². The third-order valence-electron chi connectivity index (χ3n) is 9.04. The van der Waals surface area contributed by atoms with Gasteiger partial charge in [-0.3, -0.25) is 4.57 Å². The Kier molecular flexibility index (Phi) is 5.92. The van der Waals surface area contributed by atoms with Crippen LogP contribution in [0.2, 0.25) is 0 Å². The highest BCUT2D eigenvalue weighted by atomic mass is 15.1. The first-order chi connectivity index (χ1) is 22.3. The topological polar surface area (TPSA) is 21.1 Å². The van der Waals surface area contributed by atoms with Gasteiger partial charge >= 0.3 is 6.85 Å². The standard InChI is InChI=1S/C41H28BN3/c1-3-15-29(16-4-1)37-27-31(28-41(43-37)44-38-24-12-8-21-34(38)35-22-9-13-25-39(35)44)45-40-26-14-10-20-33(40)32-19-7-11-23-36(32)42(45)30-17-5-2-6-18-30/h1-28H. The maximum Gasteiger partial charge on any atom is 0.328 e. The van der Waals surface area contributed by atoms with Crippen LogP contribution in [0.4, 0.5) is 11.4 Å². The number of para-hydroxylation sites is 3. The molecule has 0 amide bonds. The smallest absolute Gasteiger partial charge is 0.328 e. The average molecular weight is 574 g/mol. The number of aromatic nitrogens is 2. The van der Waals surface area contributed by atoms with Crippen molar-refractivity contribution in [3.05, 3.63) is 170 Å². The first kappa shape index (κ1) is 25.6. The van der Waals surface area contributed by atoms with E-state index in [1.165, 1.54) is 38.5 Å². The van der Waals surface area contributed by atoms with Gasteiger partial charge in [-0.25, -0.2) is 4.98 Å². The molecule has 1 aliphatic rings. The summed E-state index contributed by atoms with van der Waals surface area (Å²) in [6, 6.07) is 60.8. The first-order valence-electron chi connectivity index (χ1n) is 15.4. The third kappa shape index (κ3) is 4.11. The van der Waals surface area contributed by atoms with Gasteiger partial charge < -0.3 is 4.81 Å². The summed E-state index contributed by atoms with van der Waals surface area (Å²) < 4.78 is 2.32. The second-order valence-corrected chi connectivity index (χ2v) is 11.6. The van der Waals surface area contributed by atoms with Crippen LogP contribution in [0.1, 0.15) is 0 Å².